The molecule has 0 spiro atoms. The van der Waals surface area contributed by atoms with Gasteiger partial charge in [-0.1, -0.05) is 39.0 Å². The smallest absolute Gasteiger partial charge is 0.330 e. The van der Waals surface area contributed by atoms with Gasteiger partial charge in [-0.25, -0.2) is 4.79 Å². The van der Waals surface area contributed by atoms with Gasteiger partial charge >= 0.3 is 5.97 Å². The number of esters is 1. The first-order valence-corrected chi connectivity index (χ1v) is 8.42. The van der Waals surface area contributed by atoms with Crippen molar-refractivity contribution in [2.24, 2.45) is 0 Å². The minimum atomic E-state index is -0.380. The molecule has 0 saturated heterocycles. The zero-order chi connectivity index (χ0) is 17.8. The number of methoxy groups -OCH3 is 2. The summed E-state index contributed by atoms with van der Waals surface area (Å²) in [5, 5.41) is 9.85. The highest BCUT2D eigenvalue weighted by atomic mass is 16.5. The van der Waals surface area contributed by atoms with Crippen molar-refractivity contribution in [2.75, 3.05) is 20.8 Å². The molecule has 5 nitrogen and oxygen atoms in total. The normalized spacial score (nSPS) is 10.8. The second kappa shape index (κ2) is 11.4. The number of carbonyl (C=O) groups excluding carboxylic acids is 1. The Morgan fingerprint density at radius 2 is 1.62 bits per heavy atom. The number of rotatable bonds is 11. The van der Waals surface area contributed by atoms with Crippen LogP contribution in [0.15, 0.2) is 18.2 Å². The van der Waals surface area contributed by atoms with Crippen LogP contribution in [0.4, 0.5) is 0 Å². The first-order valence-electron chi connectivity index (χ1n) is 8.42. The molecule has 0 saturated carbocycles. The molecular formula is C19H28O5. The largest absolute Gasteiger partial charge is 0.502 e. The van der Waals surface area contributed by atoms with Crippen molar-refractivity contribution in [3.63, 3.8) is 0 Å². The molecule has 0 amide bonds. The van der Waals surface area contributed by atoms with Crippen molar-refractivity contribution in [3.8, 4) is 17.2 Å². The van der Waals surface area contributed by atoms with Crippen LogP contribution in [0.3, 0.4) is 0 Å². The molecule has 5 heteroatoms. The Bertz CT molecular complexity index is 512. The molecule has 0 unspecified atom stereocenters. The summed E-state index contributed by atoms with van der Waals surface area (Å²) in [6.45, 7) is 2.63. The van der Waals surface area contributed by atoms with Crippen LogP contribution in [0.25, 0.3) is 6.08 Å². The number of hydrogen-bond donors (Lipinski definition) is 1. The van der Waals surface area contributed by atoms with Crippen LogP contribution in [0, 0.1) is 0 Å². The Kier molecular flexibility index (Phi) is 9.42. The van der Waals surface area contributed by atoms with Gasteiger partial charge in [0.1, 0.15) is 0 Å². The third-order valence-electron chi connectivity index (χ3n) is 3.66. The summed E-state index contributed by atoms with van der Waals surface area (Å²) in [5.74, 6) is 0.126. The van der Waals surface area contributed by atoms with E-state index in [-0.39, 0.29) is 23.2 Å². The Labute approximate surface area is 144 Å². The number of phenols is 1. The molecule has 0 fully saturated rings. The zero-order valence-corrected chi connectivity index (χ0v) is 14.8. The van der Waals surface area contributed by atoms with E-state index >= 15 is 0 Å². The second-order valence-corrected chi connectivity index (χ2v) is 5.54. The second-order valence-electron chi connectivity index (χ2n) is 5.54. The highest BCUT2D eigenvalue weighted by Gasteiger charge is 2.10. The Morgan fingerprint density at radius 1 is 1.04 bits per heavy atom. The third-order valence-corrected chi connectivity index (χ3v) is 3.66. The van der Waals surface area contributed by atoms with Crippen molar-refractivity contribution in [2.45, 2.75) is 45.4 Å². The van der Waals surface area contributed by atoms with Gasteiger partial charge in [-0.2, -0.15) is 0 Å². The van der Waals surface area contributed by atoms with Gasteiger partial charge in [0.2, 0.25) is 5.75 Å². The standard InChI is InChI=1S/C19H28O5/c1-4-5-6-7-8-9-12-24-18(20)11-10-15-13-16(22-2)19(21)17(14-15)23-3/h10-11,13-14,21H,4-9,12H2,1-3H3. The number of phenolic OH excluding ortho intramolecular Hbond substituents is 1. The summed E-state index contributed by atoms with van der Waals surface area (Å²) in [5.41, 5.74) is 0.679. The average Bonchev–Trinajstić information content (AvgIpc) is 2.60. The van der Waals surface area contributed by atoms with Crippen LogP contribution in [-0.4, -0.2) is 31.9 Å². The van der Waals surface area contributed by atoms with Crippen LogP contribution in [0.1, 0.15) is 51.0 Å². The summed E-state index contributed by atoms with van der Waals surface area (Å²) < 4.78 is 15.3. The molecule has 0 bridgehead atoms. The molecule has 0 radical (unpaired) electrons. The Morgan fingerprint density at radius 3 is 2.21 bits per heavy atom. The van der Waals surface area contributed by atoms with Gasteiger partial charge in [-0.15, -0.1) is 0 Å². The first-order chi connectivity index (χ1) is 11.6. The minimum Gasteiger partial charge on any atom is -0.502 e. The van der Waals surface area contributed by atoms with Gasteiger partial charge in [-0.3, -0.25) is 0 Å². The molecule has 134 valence electrons. The van der Waals surface area contributed by atoms with E-state index in [2.05, 4.69) is 6.92 Å². The van der Waals surface area contributed by atoms with Crippen LogP contribution in [-0.2, 0) is 9.53 Å². The fraction of sp³-hybridized carbons (Fsp3) is 0.526. The van der Waals surface area contributed by atoms with E-state index < -0.39 is 0 Å². The molecule has 24 heavy (non-hydrogen) atoms. The number of unbranched alkanes of at least 4 members (excludes halogenated alkanes) is 5. The molecule has 1 rings (SSSR count). The number of aromatic hydroxyl groups is 1. The van der Waals surface area contributed by atoms with Gasteiger partial charge in [0.15, 0.2) is 11.5 Å². The number of hydrogen-bond acceptors (Lipinski definition) is 5. The number of ether oxygens (including phenoxy) is 3. The summed E-state index contributed by atoms with van der Waals surface area (Å²) in [4.78, 5) is 11.7. The fourth-order valence-corrected chi connectivity index (χ4v) is 2.28. The predicted octanol–water partition coefficient (Wildman–Crippen LogP) is 4.33. The van der Waals surface area contributed by atoms with Crippen molar-refractivity contribution >= 4 is 12.0 Å². The van der Waals surface area contributed by atoms with E-state index in [1.807, 2.05) is 0 Å². The molecule has 0 aliphatic heterocycles. The molecule has 0 aromatic heterocycles. The Hall–Kier alpha value is -2.17. The van der Waals surface area contributed by atoms with Gasteiger partial charge in [0, 0.05) is 6.08 Å². The van der Waals surface area contributed by atoms with E-state index in [0.717, 1.165) is 12.8 Å². The number of carbonyl (C=O) groups is 1. The Balaban J connectivity index is 2.44. The quantitative estimate of drug-likeness (QED) is 0.370. The summed E-state index contributed by atoms with van der Waals surface area (Å²) in [7, 11) is 2.91. The summed E-state index contributed by atoms with van der Waals surface area (Å²) in [6.07, 6.45) is 9.88. The highest BCUT2D eigenvalue weighted by molar-refractivity contribution is 5.87. The molecule has 1 aromatic carbocycles. The topological polar surface area (TPSA) is 65.0 Å². The predicted molar refractivity (Wildman–Crippen MR) is 94.6 cm³/mol. The monoisotopic (exact) mass is 336 g/mol. The summed E-state index contributed by atoms with van der Waals surface area (Å²) >= 11 is 0. The minimum absolute atomic E-state index is 0.0669. The van der Waals surface area contributed by atoms with Crippen LogP contribution in [0.2, 0.25) is 0 Å². The molecule has 1 N–H and O–H groups in total. The van der Waals surface area contributed by atoms with E-state index in [9.17, 15) is 9.90 Å². The van der Waals surface area contributed by atoms with Crippen molar-refractivity contribution in [1.29, 1.82) is 0 Å². The lowest BCUT2D eigenvalue weighted by Gasteiger charge is -2.09. The fourth-order valence-electron chi connectivity index (χ4n) is 2.28. The SMILES string of the molecule is CCCCCCCCOC(=O)C=Cc1cc(OC)c(O)c(OC)c1. The van der Waals surface area contributed by atoms with Crippen LogP contribution in [0.5, 0.6) is 17.2 Å². The van der Waals surface area contributed by atoms with Crippen molar-refractivity contribution in [3.05, 3.63) is 23.8 Å². The lowest BCUT2D eigenvalue weighted by atomic mass is 10.1. The maximum Gasteiger partial charge on any atom is 0.330 e. The lowest BCUT2D eigenvalue weighted by Crippen LogP contribution is -2.02. The number of benzene rings is 1. The zero-order valence-electron chi connectivity index (χ0n) is 14.8. The molecule has 1 aromatic rings. The molecule has 0 atom stereocenters. The van der Waals surface area contributed by atoms with Crippen LogP contribution < -0.4 is 9.47 Å². The van der Waals surface area contributed by atoms with E-state index in [1.54, 1.807) is 18.2 Å². The molecule has 0 aliphatic carbocycles. The van der Waals surface area contributed by atoms with Gasteiger partial charge in [0.05, 0.1) is 20.8 Å². The van der Waals surface area contributed by atoms with E-state index in [1.165, 1.54) is 46.0 Å². The molecular weight excluding hydrogens is 308 g/mol. The van der Waals surface area contributed by atoms with Crippen molar-refractivity contribution < 1.29 is 24.1 Å². The molecule has 0 aliphatic rings. The maximum atomic E-state index is 11.7. The lowest BCUT2D eigenvalue weighted by molar-refractivity contribution is -0.137. The van der Waals surface area contributed by atoms with Crippen molar-refractivity contribution in [1.82, 2.24) is 0 Å². The van der Waals surface area contributed by atoms with Crippen LogP contribution >= 0.6 is 0 Å². The van der Waals surface area contributed by atoms with Gasteiger partial charge in [0.25, 0.3) is 0 Å². The third kappa shape index (κ3) is 6.94. The van der Waals surface area contributed by atoms with Gasteiger partial charge in [-0.05, 0) is 30.2 Å². The maximum absolute atomic E-state index is 11.7. The highest BCUT2D eigenvalue weighted by Crippen LogP contribution is 2.37. The molecule has 0 heterocycles. The van der Waals surface area contributed by atoms with Gasteiger partial charge < -0.3 is 19.3 Å². The first kappa shape index (κ1) is 19.9. The van der Waals surface area contributed by atoms with E-state index in [0.29, 0.717) is 12.2 Å². The summed E-state index contributed by atoms with van der Waals surface area (Å²) in [6, 6.07) is 3.24. The van der Waals surface area contributed by atoms with E-state index in [4.69, 9.17) is 14.2 Å². The average molecular weight is 336 g/mol.